The summed E-state index contributed by atoms with van der Waals surface area (Å²) < 4.78 is 10.9. The Bertz CT molecular complexity index is 1030. The average Bonchev–Trinajstić information content (AvgIpc) is 3.20. The highest BCUT2D eigenvalue weighted by atomic mass is 16.5. The molecule has 0 spiro atoms. The van der Waals surface area contributed by atoms with Crippen LogP contribution in [0.1, 0.15) is 36.0 Å². The van der Waals surface area contributed by atoms with E-state index in [1.807, 2.05) is 38.5 Å². The van der Waals surface area contributed by atoms with E-state index in [1.54, 1.807) is 14.2 Å². The Labute approximate surface area is 184 Å². The van der Waals surface area contributed by atoms with E-state index in [-0.39, 0.29) is 11.8 Å². The number of nitrogens with zero attached hydrogens (tertiary/aromatic N) is 1. The smallest absolute Gasteiger partial charge is 0.220 e. The highest BCUT2D eigenvalue weighted by molar-refractivity contribution is 5.88. The topological polar surface area (TPSA) is 66.6 Å². The predicted octanol–water partition coefficient (Wildman–Crippen LogP) is 3.95. The largest absolute Gasteiger partial charge is 0.493 e. The van der Waals surface area contributed by atoms with E-state index in [1.165, 1.54) is 5.56 Å². The maximum absolute atomic E-state index is 12.8. The highest BCUT2D eigenvalue weighted by Gasteiger charge is 2.23. The number of para-hydroxylation sites is 1. The van der Waals surface area contributed by atoms with Crippen molar-refractivity contribution in [2.45, 2.75) is 25.7 Å². The number of fused-ring (bicyclic) bond motifs is 1. The molecule has 31 heavy (non-hydrogen) atoms. The molecule has 0 saturated carbocycles. The molecular formula is C25H33N3O3. The molecule has 3 rings (SSSR count). The van der Waals surface area contributed by atoms with E-state index in [0.29, 0.717) is 24.5 Å². The molecule has 6 nitrogen and oxygen atoms in total. The van der Waals surface area contributed by atoms with Crippen molar-refractivity contribution >= 4 is 16.8 Å². The van der Waals surface area contributed by atoms with Crippen LogP contribution in [0, 0.1) is 0 Å². The fourth-order valence-electron chi connectivity index (χ4n) is 3.98. The summed E-state index contributed by atoms with van der Waals surface area (Å²) in [5, 5.41) is 4.20. The van der Waals surface area contributed by atoms with Crippen molar-refractivity contribution in [1.82, 2.24) is 15.2 Å². The molecular weight excluding hydrogens is 390 g/mol. The quantitative estimate of drug-likeness (QED) is 0.518. The molecule has 2 aromatic carbocycles. The summed E-state index contributed by atoms with van der Waals surface area (Å²) in [5.41, 5.74) is 4.53. The number of ether oxygens (including phenoxy) is 2. The van der Waals surface area contributed by atoms with Crippen LogP contribution in [0.25, 0.3) is 10.9 Å². The van der Waals surface area contributed by atoms with Crippen LogP contribution in [-0.4, -0.2) is 57.2 Å². The Morgan fingerprint density at radius 3 is 2.58 bits per heavy atom. The maximum atomic E-state index is 12.8. The van der Waals surface area contributed by atoms with Gasteiger partial charge in [0, 0.05) is 42.5 Å². The normalized spacial score (nSPS) is 12.2. The lowest BCUT2D eigenvalue weighted by Crippen LogP contribution is -2.32. The third-order valence-electron chi connectivity index (χ3n) is 5.67. The van der Waals surface area contributed by atoms with Crippen LogP contribution < -0.4 is 14.8 Å². The lowest BCUT2D eigenvalue weighted by Gasteiger charge is -2.19. The number of benzene rings is 2. The van der Waals surface area contributed by atoms with Crippen molar-refractivity contribution < 1.29 is 14.3 Å². The molecule has 1 aromatic heterocycles. The fraction of sp³-hybridized carbons (Fsp3) is 0.400. The zero-order valence-electron chi connectivity index (χ0n) is 19.1. The highest BCUT2D eigenvalue weighted by Crippen LogP contribution is 2.38. The van der Waals surface area contributed by atoms with Crippen molar-refractivity contribution in [3.05, 3.63) is 59.3 Å². The third-order valence-corrected chi connectivity index (χ3v) is 5.67. The average molecular weight is 424 g/mol. The minimum absolute atomic E-state index is 0.0302. The second-order valence-electron chi connectivity index (χ2n) is 7.96. The molecule has 0 aliphatic heterocycles. The number of H-pyrrole nitrogens is 1. The number of nitrogens with one attached hydrogen (secondary N) is 2. The molecule has 1 heterocycles. The van der Waals surface area contributed by atoms with Gasteiger partial charge in [0.25, 0.3) is 0 Å². The number of hydrogen-bond donors (Lipinski definition) is 2. The fourth-order valence-corrected chi connectivity index (χ4v) is 3.98. The minimum Gasteiger partial charge on any atom is -0.493 e. The molecule has 1 amide bonds. The second-order valence-corrected chi connectivity index (χ2v) is 7.96. The first-order chi connectivity index (χ1) is 15.0. The summed E-state index contributed by atoms with van der Waals surface area (Å²) >= 11 is 0. The van der Waals surface area contributed by atoms with E-state index in [4.69, 9.17) is 9.47 Å². The Hall–Kier alpha value is -2.99. The number of aromatic nitrogens is 1. The first-order valence-electron chi connectivity index (χ1n) is 10.7. The minimum atomic E-state index is -0.111. The van der Waals surface area contributed by atoms with Crippen LogP contribution in [0.5, 0.6) is 11.5 Å². The van der Waals surface area contributed by atoms with Gasteiger partial charge in [-0.3, -0.25) is 4.79 Å². The van der Waals surface area contributed by atoms with Crippen molar-refractivity contribution in [2.75, 3.05) is 41.4 Å². The van der Waals surface area contributed by atoms with E-state index in [0.717, 1.165) is 35.0 Å². The van der Waals surface area contributed by atoms with Gasteiger partial charge in [-0.25, -0.2) is 0 Å². The Balaban J connectivity index is 2.00. The summed E-state index contributed by atoms with van der Waals surface area (Å²) in [7, 11) is 7.24. The maximum Gasteiger partial charge on any atom is 0.220 e. The van der Waals surface area contributed by atoms with Crippen LogP contribution in [-0.2, 0) is 11.2 Å². The number of rotatable bonds is 10. The SMILES string of the molecule is CCc1cccc2c(C(CC(=O)NCCN(C)C)c3ccc(OC)c(OC)c3)c[nH]c12. The van der Waals surface area contributed by atoms with Crippen LogP contribution >= 0.6 is 0 Å². The number of likely N-dealkylation sites (N-methyl/N-ethyl adjacent to an activating group) is 1. The van der Waals surface area contributed by atoms with E-state index < -0.39 is 0 Å². The van der Waals surface area contributed by atoms with Gasteiger partial charge in [0.05, 0.1) is 14.2 Å². The van der Waals surface area contributed by atoms with Gasteiger partial charge in [-0.2, -0.15) is 0 Å². The van der Waals surface area contributed by atoms with Gasteiger partial charge >= 0.3 is 0 Å². The summed E-state index contributed by atoms with van der Waals surface area (Å²) in [6, 6.07) is 12.2. The van der Waals surface area contributed by atoms with E-state index >= 15 is 0 Å². The van der Waals surface area contributed by atoms with E-state index in [9.17, 15) is 4.79 Å². The molecule has 166 valence electrons. The molecule has 2 N–H and O–H groups in total. The standard InChI is InChI=1S/C25H33N3O3/c1-6-17-8-7-9-19-21(16-27-25(17)19)20(15-24(29)26-12-13-28(2)3)18-10-11-22(30-4)23(14-18)31-5/h7-11,14,16,20,27H,6,12-13,15H2,1-5H3,(H,26,29). The molecule has 1 atom stereocenters. The molecule has 0 saturated heterocycles. The molecule has 3 aromatic rings. The van der Waals surface area contributed by atoms with Gasteiger partial charge in [0.15, 0.2) is 11.5 Å². The second kappa shape index (κ2) is 10.4. The molecule has 0 aliphatic carbocycles. The molecule has 1 unspecified atom stereocenters. The lowest BCUT2D eigenvalue weighted by atomic mass is 9.87. The number of aromatic amines is 1. The molecule has 0 aliphatic rings. The van der Waals surface area contributed by atoms with Gasteiger partial charge in [-0.05, 0) is 49.3 Å². The number of aryl methyl sites for hydroxylation is 1. The summed E-state index contributed by atoms with van der Waals surface area (Å²) in [5.74, 6) is 1.25. The van der Waals surface area contributed by atoms with Crippen LogP contribution in [0.3, 0.4) is 0 Å². The molecule has 0 radical (unpaired) electrons. The monoisotopic (exact) mass is 423 g/mol. The van der Waals surface area contributed by atoms with Crippen LogP contribution in [0.4, 0.5) is 0 Å². The van der Waals surface area contributed by atoms with Crippen molar-refractivity contribution in [1.29, 1.82) is 0 Å². The third kappa shape index (κ3) is 5.20. The zero-order chi connectivity index (χ0) is 22.4. The first-order valence-corrected chi connectivity index (χ1v) is 10.7. The summed E-state index contributed by atoms with van der Waals surface area (Å²) in [4.78, 5) is 18.3. The van der Waals surface area contributed by atoms with Gasteiger partial charge in [-0.15, -0.1) is 0 Å². The van der Waals surface area contributed by atoms with Gasteiger partial charge in [-0.1, -0.05) is 31.2 Å². The lowest BCUT2D eigenvalue weighted by molar-refractivity contribution is -0.121. The first kappa shape index (κ1) is 22.7. The van der Waals surface area contributed by atoms with Gasteiger partial charge in [0.1, 0.15) is 0 Å². The number of methoxy groups -OCH3 is 2. The predicted molar refractivity (Wildman–Crippen MR) is 125 cm³/mol. The molecule has 0 bridgehead atoms. The van der Waals surface area contributed by atoms with Crippen molar-refractivity contribution in [3.8, 4) is 11.5 Å². The number of amides is 1. The van der Waals surface area contributed by atoms with Crippen molar-refractivity contribution in [2.24, 2.45) is 0 Å². The van der Waals surface area contributed by atoms with Crippen LogP contribution in [0.15, 0.2) is 42.6 Å². The van der Waals surface area contributed by atoms with E-state index in [2.05, 4.69) is 40.3 Å². The van der Waals surface area contributed by atoms with Gasteiger partial charge in [0.2, 0.25) is 5.91 Å². The van der Waals surface area contributed by atoms with Gasteiger partial charge < -0.3 is 24.7 Å². The van der Waals surface area contributed by atoms with Crippen molar-refractivity contribution in [3.63, 3.8) is 0 Å². The molecule has 6 heteroatoms. The Kier molecular flexibility index (Phi) is 7.58. The summed E-state index contributed by atoms with van der Waals surface area (Å²) in [6.07, 6.45) is 3.34. The summed E-state index contributed by atoms with van der Waals surface area (Å²) in [6.45, 7) is 3.58. The zero-order valence-corrected chi connectivity index (χ0v) is 19.1. The Morgan fingerprint density at radius 2 is 1.90 bits per heavy atom. The van der Waals surface area contributed by atoms with Crippen LogP contribution in [0.2, 0.25) is 0 Å². The molecule has 0 fully saturated rings. The number of hydrogen-bond acceptors (Lipinski definition) is 4. The number of carbonyl (C=O) groups excluding carboxylic acids is 1. The number of carbonyl (C=O) groups is 1. The Morgan fingerprint density at radius 1 is 1.13 bits per heavy atom.